The second-order valence-corrected chi connectivity index (χ2v) is 3.49. The maximum Gasteiger partial charge on any atom is 0.354 e. The molecule has 0 aliphatic carbocycles. The fourth-order valence-electron chi connectivity index (χ4n) is 1.33. The van der Waals surface area contributed by atoms with E-state index >= 15 is 0 Å². The van der Waals surface area contributed by atoms with E-state index in [2.05, 4.69) is 20.2 Å². The Bertz CT molecular complexity index is 583. The molecule has 92 valence electrons. The van der Waals surface area contributed by atoms with Crippen LogP contribution < -0.4 is 4.74 Å². The van der Waals surface area contributed by atoms with Crippen LogP contribution in [0.4, 0.5) is 0 Å². The van der Waals surface area contributed by atoms with Crippen LogP contribution >= 0.6 is 0 Å². The van der Waals surface area contributed by atoms with Gasteiger partial charge in [-0.2, -0.15) is 0 Å². The van der Waals surface area contributed by atoms with Crippen molar-refractivity contribution < 1.29 is 14.6 Å². The first-order valence-corrected chi connectivity index (χ1v) is 5.07. The molecule has 2 aromatic heterocycles. The Labute approximate surface area is 102 Å². The van der Waals surface area contributed by atoms with Crippen LogP contribution in [0.5, 0.6) is 5.88 Å². The molecule has 0 unspecified atom stereocenters. The van der Waals surface area contributed by atoms with Gasteiger partial charge in [-0.05, 0) is 13.0 Å². The van der Waals surface area contributed by atoms with Crippen molar-refractivity contribution in [1.29, 1.82) is 0 Å². The van der Waals surface area contributed by atoms with Crippen LogP contribution in [-0.4, -0.2) is 38.4 Å². The Morgan fingerprint density at radius 2 is 2.11 bits per heavy atom. The number of nitrogens with zero attached hydrogens (tertiary/aromatic N) is 4. The SMILES string of the molecule is COc1ccc(-c2ncc(C)c(C(=O)O)n2)nn1. The van der Waals surface area contributed by atoms with Gasteiger partial charge in [0.1, 0.15) is 5.69 Å². The Hall–Kier alpha value is -2.57. The van der Waals surface area contributed by atoms with Gasteiger partial charge in [-0.1, -0.05) is 0 Å². The lowest BCUT2D eigenvalue weighted by Gasteiger charge is -2.03. The molecule has 0 spiro atoms. The van der Waals surface area contributed by atoms with Crippen LogP contribution in [0.3, 0.4) is 0 Å². The monoisotopic (exact) mass is 246 g/mol. The molecule has 0 radical (unpaired) electrons. The first kappa shape index (κ1) is 11.9. The summed E-state index contributed by atoms with van der Waals surface area (Å²) in [7, 11) is 1.48. The summed E-state index contributed by atoms with van der Waals surface area (Å²) >= 11 is 0. The number of aryl methyl sites for hydroxylation is 1. The first-order chi connectivity index (χ1) is 8.61. The third-order valence-electron chi connectivity index (χ3n) is 2.25. The number of methoxy groups -OCH3 is 1. The lowest BCUT2D eigenvalue weighted by Crippen LogP contribution is -2.06. The molecule has 0 amide bonds. The van der Waals surface area contributed by atoms with E-state index in [9.17, 15) is 4.79 Å². The highest BCUT2D eigenvalue weighted by Crippen LogP contribution is 2.15. The predicted molar refractivity (Wildman–Crippen MR) is 61.3 cm³/mol. The minimum atomic E-state index is -1.10. The average molecular weight is 246 g/mol. The molecule has 2 heterocycles. The third kappa shape index (κ3) is 2.24. The van der Waals surface area contributed by atoms with E-state index < -0.39 is 5.97 Å². The minimum Gasteiger partial charge on any atom is -0.480 e. The maximum atomic E-state index is 11.0. The molecule has 2 aromatic rings. The van der Waals surface area contributed by atoms with E-state index in [1.165, 1.54) is 13.3 Å². The molecule has 0 fully saturated rings. The summed E-state index contributed by atoms with van der Waals surface area (Å²) < 4.78 is 4.88. The van der Waals surface area contributed by atoms with Gasteiger partial charge in [-0.25, -0.2) is 14.8 Å². The van der Waals surface area contributed by atoms with Crippen molar-refractivity contribution in [3.05, 3.63) is 29.6 Å². The van der Waals surface area contributed by atoms with Gasteiger partial charge in [-0.3, -0.25) is 0 Å². The van der Waals surface area contributed by atoms with Gasteiger partial charge in [0.25, 0.3) is 0 Å². The number of aromatic carboxylic acids is 1. The number of carbonyl (C=O) groups is 1. The molecule has 1 N–H and O–H groups in total. The largest absolute Gasteiger partial charge is 0.480 e. The van der Waals surface area contributed by atoms with E-state index in [1.807, 2.05) is 0 Å². The van der Waals surface area contributed by atoms with Crippen molar-refractivity contribution >= 4 is 5.97 Å². The molecule has 0 aromatic carbocycles. The lowest BCUT2D eigenvalue weighted by atomic mass is 10.2. The summed E-state index contributed by atoms with van der Waals surface area (Å²) in [6, 6.07) is 3.22. The van der Waals surface area contributed by atoms with Crippen molar-refractivity contribution in [1.82, 2.24) is 20.2 Å². The van der Waals surface area contributed by atoms with Gasteiger partial charge < -0.3 is 9.84 Å². The number of carboxylic acid groups (broad SMARTS) is 1. The van der Waals surface area contributed by atoms with Crippen LogP contribution in [0.25, 0.3) is 11.5 Å². The highest BCUT2D eigenvalue weighted by Gasteiger charge is 2.13. The zero-order valence-corrected chi connectivity index (χ0v) is 9.78. The van der Waals surface area contributed by atoms with Crippen LogP contribution in [0.1, 0.15) is 16.1 Å². The van der Waals surface area contributed by atoms with Crippen LogP contribution in [0.15, 0.2) is 18.3 Å². The maximum absolute atomic E-state index is 11.0. The predicted octanol–water partition coefficient (Wildman–Crippen LogP) is 0.949. The number of hydrogen-bond acceptors (Lipinski definition) is 6. The normalized spacial score (nSPS) is 10.1. The van der Waals surface area contributed by atoms with E-state index in [0.29, 0.717) is 17.1 Å². The second-order valence-electron chi connectivity index (χ2n) is 3.49. The van der Waals surface area contributed by atoms with Gasteiger partial charge in [0.2, 0.25) is 5.88 Å². The highest BCUT2D eigenvalue weighted by molar-refractivity contribution is 5.87. The average Bonchev–Trinajstić information content (AvgIpc) is 2.39. The van der Waals surface area contributed by atoms with Gasteiger partial charge in [0, 0.05) is 17.8 Å². The standard InChI is InChI=1S/C11H10N4O3/c1-6-5-12-10(13-9(6)11(16)17)7-3-4-8(18-2)15-14-7/h3-5H,1-2H3,(H,16,17). The van der Waals surface area contributed by atoms with E-state index in [4.69, 9.17) is 9.84 Å². The quantitative estimate of drug-likeness (QED) is 0.860. The molecule has 0 aliphatic rings. The van der Waals surface area contributed by atoms with E-state index in [0.717, 1.165) is 0 Å². The second kappa shape index (κ2) is 4.74. The summed E-state index contributed by atoms with van der Waals surface area (Å²) in [5.41, 5.74) is 0.837. The third-order valence-corrected chi connectivity index (χ3v) is 2.25. The van der Waals surface area contributed by atoms with Crippen LogP contribution in [0.2, 0.25) is 0 Å². The number of carboxylic acids is 1. The molecule has 7 nitrogen and oxygen atoms in total. The molecule has 2 rings (SSSR count). The van der Waals surface area contributed by atoms with Crippen molar-refractivity contribution in [2.75, 3.05) is 7.11 Å². The Balaban J connectivity index is 2.44. The van der Waals surface area contributed by atoms with Crippen molar-refractivity contribution in [2.24, 2.45) is 0 Å². The van der Waals surface area contributed by atoms with Crippen LogP contribution in [0, 0.1) is 6.92 Å². The first-order valence-electron chi connectivity index (χ1n) is 5.07. The minimum absolute atomic E-state index is 0.0439. The zero-order chi connectivity index (χ0) is 13.1. The molecule has 0 atom stereocenters. The summed E-state index contributed by atoms with van der Waals surface area (Å²) in [5.74, 6) is -0.518. The van der Waals surface area contributed by atoms with Gasteiger partial charge in [0.15, 0.2) is 11.5 Å². The van der Waals surface area contributed by atoms with Gasteiger partial charge in [0.05, 0.1) is 7.11 Å². The molecule has 0 bridgehead atoms. The summed E-state index contributed by atoms with van der Waals surface area (Å²) in [6.07, 6.45) is 1.44. The smallest absolute Gasteiger partial charge is 0.354 e. The number of ether oxygens (including phenoxy) is 1. The fourth-order valence-corrected chi connectivity index (χ4v) is 1.33. The van der Waals surface area contributed by atoms with Crippen molar-refractivity contribution in [3.63, 3.8) is 0 Å². The molecule has 0 saturated carbocycles. The highest BCUT2D eigenvalue weighted by atomic mass is 16.5. The van der Waals surface area contributed by atoms with Gasteiger partial charge >= 0.3 is 5.97 Å². The molecule has 0 saturated heterocycles. The molecule has 18 heavy (non-hydrogen) atoms. The summed E-state index contributed by atoms with van der Waals surface area (Å²) in [5, 5.41) is 16.6. The van der Waals surface area contributed by atoms with Crippen molar-refractivity contribution in [3.8, 4) is 17.4 Å². The Morgan fingerprint density at radius 1 is 1.33 bits per heavy atom. The van der Waals surface area contributed by atoms with E-state index in [1.54, 1.807) is 19.1 Å². The van der Waals surface area contributed by atoms with Crippen LogP contribution in [-0.2, 0) is 0 Å². The Kier molecular flexibility index (Phi) is 3.13. The lowest BCUT2D eigenvalue weighted by molar-refractivity contribution is 0.0689. The molecule has 7 heteroatoms. The zero-order valence-electron chi connectivity index (χ0n) is 9.78. The fraction of sp³-hybridized carbons (Fsp3) is 0.182. The number of rotatable bonds is 3. The topological polar surface area (TPSA) is 98.1 Å². The number of aromatic nitrogens is 4. The molecule has 0 aliphatic heterocycles. The summed E-state index contributed by atoms with van der Waals surface area (Å²) in [6.45, 7) is 1.63. The molecular weight excluding hydrogens is 236 g/mol. The van der Waals surface area contributed by atoms with Gasteiger partial charge in [-0.15, -0.1) is 10.2 Å². The Morgan fingerprint density at radius 3 is 2.67 bits per heavy atom. The van der Waals surface area contributed by atoms with E-state index in [-0.39, 0.29) is 11.5 Å². The van der Waals surface area contributed by atoms with Crippen molar-refractivity contribution in [2.45, 2.75) is 6.92 Å². The number of hydrogen-bond donors (Lipinski definition) is 1. The molecular formula is C11H10N4O3. The summed E-state index contributed by atoms with van der Waals surface area (Å²) in [4.78, 5) is 18.9.